The highest BCUT2D eigenvalue weighted by molar-refractivity contribution is 5.96. The maximum absolute atomic E-state index is 12.4. The van der Waals surface area contributed by atoms with Crippen LogP contribution in [0.15, 0.2) is 42.5 Å². The summed E-state index contributed by atoms with van der Waals surface area (Å²) in [6, 6.07) is 15.2. The molecule has 1 amide bonds. The predicted octanol–water partition coefficient (Wildman–Crippen LogP) is 3.73. The summed E-state index contributed by atoms with van der Waals surface area (Å²) >= 11 is 0. The van der Waals surface area contributed by atoms with Crippen LogP contribution < -0.4 is 5.32 Å². The second kappa shape index (κ2) is 7.57. The number of hydrogen-bond acceptors (Lipinski definition) is 4. The Bertz CT molecular complexity index is 863. The fourth-order valence-corrected chi connectivity index (χ4v) is 3.36. The Hall–Kier alpha value is -2.87. The predicted molar refractivity (Wildman–Crippen MR) is 98.4 cm³/mol. The molecule has 134 valence electrons. The van der Waals surface area contributed by atoms with Gasteiger partial charge in [-0.05, 0) is 42.7 Å². The molecule has 0 radical (unpaired) electrons. The summed E-state index contributed by atoms with van der Waals surface area (Å²) in [7, 11) is 0. The molecule has 3 rings (SSSR count). The molecule has 1 saturated carbocycles. The number of benzene rings is 2. The minimum Gasteiger partial charge on any atom is -0.449 e. The quantitative estimate of drug-likeness (QED) is 0.852. The van der Waals surface area contributed by atoms with Crippen LogP contribution in [0.1, 0.15) is 49.4 Å². The Labute approximate surface area is 153 Å². The topological polar surface area (TPSA) is 79.2 Å². The third kappa shape index (κ3) is 3.85. The minimum atomic E-state index is -0.957. The van der Waals surface area contributed by atoms with Gasteiger partial charge in [-0.1, -0.05) is 49.6 Å². The molecule has 1 N–H and O–H groups in total. The second-order valence-corrected chi connectivity index (χ2v) is 6.85. The molecule has 5 heteroatoms. The van der Waals surface area contributed by atoms with Crippen molar-refractivity contribution in [1.29, 1.82) is 5.26 Å². The molecule has 0 aliphatic heterocycles. The number of fused-ring (bicyclic) bond motifs is 1. The third-order valence-electron chi connectivity index (χ3n) is 4.92. The summed E-state index contributed by atoms with van der Waals surface area (Å²) in [6.07, 6.45) is 3.23. The zero-order valence-corrected chi connectivity index (χ0v) is 14.8. The van der Waals surface area contributed by atoms with E-state index < -0.39 is 23.5 Å². The lowest BCUT2D eigenvalue weighted by molar-refractivity contribution is -0.130. The zero-order valence-electron chi connectivity index (χ0n) is 14.8. The molecule has 5 nitrogen and oxygen atoms in total. The summed E-state index contributed by atoms with van der Waals surface area (Å²) in [6.45, 7) is 1.53. The number of carbonyl (C=O) groups is 2. The van der Waals surface area contributed by atoms with E-state index >= 15 is 0 Å². The summed E-state index contributed by atoms with van der Waals surface area (Å²) in [5.41, 5.74) is -0.435. The Balaban J connectivity index is 1.66. The molecule has 1 aliphatic carbocycles. The molecule has 0 heterocycles. The van der Waals surface area contributed by atoms with Gasteiger partial charge in [-0.15, -0.1) is 0 Å². The van der Waals surface area contributed by atoms with Crippen LogP contribution in [-0.2, 0) is 9.53 Å². The van der Waals surface area contributed by atoms with E-state index in [0.717, 1.165) is 30.0 Å². The van der Waals surface area contributed by atoms with Crippen molar-refractivity contribution in [2.45, 2.75) is 50.7 Å². The van der Waals surface area contributed by atoms with Gasteiger partial charge < -0.3 is 10.1 Å². The average molecular weight is 350 g/mol. The molecule has 26 heavy (non-hydrogen) atoms. The Morgan fingerprint density at radius 1 is 1.12 bits per heavy atom. The van der Waals surface area contributed by atoms with Gasteiger partial charge in [0.15, 0.2) is 6.10 Å². The van der Waals surface area contributed by atoms with Gasteiger partial charge >= 0.3 is 5.97 Å². The fraction of sp³-hybridized carbons (Fsp3) is 0.381. The van der Waals surface area contributed by atoms with Gasteiger partial charge in [-0.2, -0.15) is 5.26 Å². The number of rotatable bonds is 4. The number of nitriles is 1. The van der Waals surface area contributed by atoms with Crippen LogP contribution in [0.4, 0.5) is 0 Å². The number of carbonyl (C=O) groups excluding carboxylic acids is 2. The van der Waals surface area contributed by atoms with E-state index in [1.807, 2.05) is 30.3 Å². The molecule has 0 spiro atoms. The van der Waals surface area contributed by atoms with E-state index in [2.05, 4.69) is 11.4 Å². The maximum atomic E-state index is 12.4. The molecule has 1 aliphatic rings. The van der Waals surface area contributed by atoms with E-state index in [9.17, 15) is 14.9 Å². The number of hydrogen-bond donors (Lipinski definition) is 1. The summed E-state index contributed by atoms with van der Waals surface area (Å²) in [4.78, 5) is 24.8. The van der Waals surface area contributed by atoms with Crippen LogP contribution >= 0.6 is 0 Å². The zero-order chi connectivity index (χ0) is 18.6. The molecule has 2 aromatic rings. The van der Waals surface area contributed by atoms with Gasteiger partial charge in [-0.3, -0.25) is 4.79 Å². The molecule has 1 unspecified atom stereocenters. The number of nitrogens with one attached hydrogen (secondary N) is 1. The van der Waals surface area contributed by atoms with Crippen molar-refractivity contribution in [2.24, 2.45) is 0 Å². The molecule has 1 fully saturated rings. The highest BCUT2D eigenvalue weighted by atomic mass is 16.5. The van der Waals surface area contributed by atoms with Crippen molar-refractivity contribution in [3.8, 4) is 6.07 Å². The maximum Gasteiger partial charge on any atom is 0.338 e. The lowest BCUT2D eigenvalue weighted by Gasteiger charge is -2.32. The Morgan fingerprint density at radius 3 is 2.50 bits per heavy atom. The largest absolute Gasteiger partial charge is 0.449 e. The first-order valence-corrected chi connectivity index (χ1v) is 8.96. The van der Waals surface area contributed by atoms with Gasteiger partial charge in [0.05, 0.1) is 11.6 Å². The van der Waals surface area contributed by atoms with Crippen molar-refractivity contribution in [2.75, 3.05) is 0 Å². The number of nitrogens with zero attached hydrogens (tertiary/aromatic N) is 1. The van der Waals surface area contributed by atoms with Crippen LogP contribution in [0.2, 0.25) is 0 Å². The normalized spacial score (nSPS) is 17.1. The third-order valence-corrected chi connectivity index (χ3v) is 4.92. The monoisotopic (exact) mass is 350 g/mol. The van der Waals surface area contributed by atoms with E-state index in [1.54, 1.807) is 12.1 Å². The van der Waals surface area contributed by atoms with Gasteiger partial charge in [0, 0.05) is 0 Å². The second-order valence-electron chi connectivity index (χ2n) is 6.85. The highest BCUT2D eigenvalue weighted by Crippen LogP contribution is 2.27. The molecule has 1 atom stereocenters. The first-order chi connectivity index (χ1) is 12.5. The first-order valence-electron chi connectivity index (χ1n) is 8.96. The molecule has 0 aromatic heterocycles. The number of esters is 1. The smallest absolute Gasteiger partial charge is 0.338 e. The lowest BCUT2D eigenvalue weighted by atomic mass is 9.83. The van der Waals surface area contributed by atoms with Crippen LogP contribution in [0.3, 0.4) is 0 Å². The summed E-state index contributed by atoms with van der Waals surface area (Å²) < 4.78 is 5.32. The molecule has 2 aromatic carbocycles. The SMILES string of the molecule is CC(OC(=O)c1ccc2ccccc2c1)C(=O)NC1(C#N)CCCCC1. The Kier molecular flexibility index (Phi) is 5.22. The van der Waals surface area contributed by atoms with Crippen molar-refractivity contribution >= 4 is 22.6 Å². The summed E-state index contributed by atoms with van der Waals surface area (Å²) in [5.74, 6) is -0.976. The van der Waals surface area contributed by atoms with Crippen LogP contribution in [0.5, 0.6) is 0 Å². The standard InChI is InChI=1S/C21H22N2O3/c1-15(19(24)23-21(14-22)11-5-2-6-12-21)26-20(25)18-10-9-16-7-3-4-8-17(16)13-18/h3-4,7-10,13,15H,2,5-6,11-12H2,1H3,(H,23,24). The fourth-order valence-electron chi connectivity index (χ4n) is 3.36. The van der Waals surface area contributed by atoms with Crippen molar-refractivity contribution in [3.05, 3.63) is 48.0 Å². The van der Waals surface area contributed by atoms with Crippen LogP contribution in [0, 0.1) is 11.3 Å². The van der Waals surface area contributed by atoms with E-state index in [0.29, 0.717) is 18.4 Å². The van der Waals surface area contributed by atoms with E-state index in [1.165, 1.54) is 6.92 Å². The van der Waals surface area contributed by atoms with Gasteiger partial charge in [0.2, 0.25) is 0 Å². The number of ether oxygens (including phenoxy) is 1. The average Bonchev–Trinajstić information content (AvgIpc) is 2.68. The van der Waals surface area contributed by atoms with Crippen molar-refractivity contribution < 1.29 is 14.3 Å². The van der Waals surface area contributed by atoms with Crippen molar-refractivity contribution in [1.82, 2.24) is 5.32 Å². The van der Waals surface area contributed by atoms with Gasteiger partial charge in [0.25, 0.3) is 5.91 Å². The van der Waals surface area contributed by atoms with Crippen LogP contribution in [0.25, 0.3) is 10.8 Å². The van der Waals surface area contributed by atoms with Gasteiger partial charge in [0.1, 0.15) is 5.54 Å². The lowest BCUT2D eigenvalue weighted by Crippen LogP contribution is -2.52. The summed E-state index contributed by atoms with van der Waals surface area (Å²) in [5, 5.41) is 14.2. The minimum absolute atomic E-state index is 0.399. The molecular formula is C21H22N2O3. The first kappa shape index (κ1) is 17.9. The van der Waals surface area contributed by atoms with E-state index in [-0.39, 0.29) is 0 Å². The number of amides is 1. The van der Waals surface area contributed by atoms with Gasteiger partial charge in [-0.25, -0.2) is 4.79 Å². The van der Waals surface area contributed by atoms with E-state index in [4.69, 9.17) is 4.74 Å². The molecular weight excluding hydrogens is 328 g/mol. The Morgan fingerprint density at radius 2 is 1.81 bits per heavy atom. The molecule has 0 bridgehead atoms. The van der Waals surface area contributed by atoms with Crippen molar-refractivity contribution in [3.63, 3.8) is 0 Å². The highest BCUT2D eigenvalue weighted by Gasteiger charge is 2.35. The van der Waals surface area contributed by atoms with Crippen LogP contribution in [-0.4, -0.2) is 23.5 Å². The molecule has 0 saturated heterocycles.